The molecule has 0 rings (SSSR count). The molecule has 0 N–H and O–H groups in total. The third-order valence-corrected chi connectivity index (χ3v) is 10.9. The molecule has 0 bridgehead atoms. The molecule has 0 aliphatic heterocycles. The molecule has 0 radical (unpaired) electrons. The maximum Gasteiger partial charge on any atom is 0.306 e. The van der Waals surface area contributed by atoms with Gasteiger partial charge in [0.15, 0.2) is 6.10 Å². The molecular weight excluding hydrogens is 805 g/mol. The van der Waals surface area contributed by atoms with E-state index in [1.807, 2.05) is 12.2 Å². The third-order valence-electron chi connectivity index (χ3n) is 10.9. The second-order valence-electron chi connectivity index (χ2n) is 17.1. The molecule has 0 aromatic rings. The Morgan fingerprint density at radius 3 is 1.14 bits per heavy atom. The summed E-state index contributed by atoms with van der Waals surface area (Å²) in [6.45, 7) is 6.39. The van der Waals surface area contributed by atoms with Crippen LogP contribution in [0.5, 0.6) is 0 Å². The summed E-state index contributed by atoms with van der Waals surface area (Å²) in [5, 5.41) is 0. The molecule has 0 amide bonds. The van der Waals surface area contributed by atoms with E-state index >= 15 is 0 Å². The lowest BCUT2D eigenvalue weighted by molar-refractivity contribution is -0.166. The molecule has 1 unspecified atom stereocenters. The third kappa shape index (κ3) is 50.9. The summed E-state index contributed by atoms with van der Waals surface area (Å²) in [4.78, 5) is 38.0. The molecule has 0 aliphatic carbocycles. The van der Waals surface area contributed by atoms with Crippen molar-refractivity contribution in [3.63, 3.8) is 0 Å². The van der Waals surface area contributed by atoms with Crippen LogP contribution in [0.2, 0.25) is 0 Å². The predicted molar refractivity (Wildman–Crippen MR) is 279 cm³/mol. The first-order chi connectivity index (χ1) is 32.0. The number of hydrogen-bond donors (Lipinski definition) is 0. The summed E-state index contributed by atoms with van der Waals surface area (Å²) >= 11 is 0. The lowest BCUT2D eigenvalue weighted by atomic mass is 10.0. The molecule has 0 spiro atoms. The standard InChI is InChI=1S/C59H96O6/c1-4-7-10-13-16-19-22-25-27-29-30-32-34-37-40-43-46-49-52-58(61)64-55-56(54-63-57(60)51-48-45-42-39-36-33-24-21-18-15-12-9-6-3)65-59(62)53-50-47-44-41-38-35-31-28-26-23-20-17-14-11-8-5-2/h8,11,16-17,19-20,22,25-30,32,35,38,44,47,56H,4-7,9-10,12-15,18,21,23-24,31,33-34,36-37,39-43,45-46,48-55H2,1-3H3/b11-8-,19-16-,20-17-,25-22-,28-26-,29-27-,32-30-,38-35-,47-44-. The van der Waals surface area contributed by atoms with Crippen molar-refractivity contribution >= 4 is 17.9 Å². The fraction of sp³-hybridized carbons (Fsp3) is 0.644. The van der Waals surface area contributed by atoms with Crippen LogP contribution in [-0.4, -0.2) is 37.2 Å². The maximum atomic E-state index is 12.8. The first kappa shape index (κ1) is 61.1. The van der Waals surface area contributed by atoms with E-state index in [0.29, 0.717) is 19.3 Å². The molecule has 0 saturated carbocycles. The van der Waals surface area contributed by atoms with E-state index < -0.39 is 12.1 Å². The summed E-state index contributed by atoms with van der Waals surface area (Å²) in [7, 11) is 0. The van der Waals surface area contributed by atoms with Gasteiger partial charge in [-0.25, -0.2) is 0 Å². The average molecular weight is 901 g/mol. The van der Waals surface area contributed by atoms with Gasteiger partial charge in [-0.3, -0.25) is 14.4 Å². The van der Waals surface area contributed by atoms with Crippen LogP contribution in [0.15, 0.2) is 109 Å². The Kier molecular flexibility index (Phi) is 49.5. The molecule has 0 aromatic carbocycles. The minimum atomic E-state index is -0.827. The Morgan fingerprint density at radius 1 is 0.338 bits per heavy atom. The van der Waals surface area contributed by atoms with E-state index in [2.05, 4.69) is 118 Å². The van der Waals surface area contributed by atoms with Crippen molar-refractivity contribution in [1.82, 2.24) is 0 Å². The zero-order valence-corrected chi connectivity index (χ0v) is 42.0. The van der Waals surface area contributed by atoms with Crippen LogP contribution in [0.4, 0.5) is 0 Å². The first-order valence-electron chi connectivity index (χ1n) is 26.4. The van der Waals surface area contributed by atoms with Gasteiger partial charge in [0, 0.05) is 19.3 Å². The van der Waals surface area contributed by atoms with Crippen molar-refractivity contribution in [3.05, 3.63) is 109 Å². The molecule has 0 aromatic heterocycles. The van der Waals surface area contributed by atoms with Crippen LogP contribution in [0.3, 0.4) is 0 Å². The number of ether oxygens (including phenoxy) is 3. The Morgan fingerprint density at radius 2 is 0.692 bits per heavy atom. The Labute approximate surface area is 400 Å². The van der Waals surface area contributed by atoms with Crippen LogP contribution in [0.1, 0.15) is 226 Å². The number of carbonyl (C=O) groups is 3. The van der Waals surface area contributed by atoms with Gasteiger partial charge in [0.1, 0.15) is 13.2 Å². The second-order valence-corrected chi connectivity index (χ2v) is 17.1. The number of carbonyl (C=O) groups excluding carboxylic acids is 3. The molecule has 0 heterocycles. The van der Waals surface area contributed by atoms with Crippen molar-refractivity contribution in [2.75, 3.05) is 13.2 Å². The van der Waals surface area contributed by atoms with E-state index in [1.54, 1.807) is 0 Å². The van der Waals surface area contributed by atoms with E-state index in [9.17, 15) is 14.4 Å². The van der Waals surface area contributed by atoms with E-state index in [1.165, 1.54) is 83.5 Å². The lowest BCUT2D eigenvalue weighted by Crippen LogP contribution is -2.30. The molecule has 6 nitrogen and oxygen atoms in total. The van der Waals surface area contributed by atoms with Gasteiger partial charge >= 0.3 is 17.9 Å². The van der Waals surface area contributed by atoms with Gasteiger partial charge in [-0.1, -0.05) is 239 Å². The largest absolute Gasteiger partial charge is 0.462 e. The highest BCUT2D eigenvalue weighted by Crippen LogP contribution is 2.14. The number of rotatable bonds is 46. The maximum absolute atomic E-state index is 12.8. The van der Waals surface area contributed by atoms with Gasteiger partial charge < -0.3 is 14.2 Å². The topological polar surface area (TPSA) is 78.9 Å². The van der Waals surface area contributed by atoms with Gasteiger partial charge in [-0.15, -0.1) is 0 Å². The highest BCUT2D eigenvalue weighted by molar-refractivity contribution is 5.71. The average Bonchev–Trinajstić information content (AvgIpc) is 3.30. The van der Waals surface area contributed by atoms with Gasteiger partial charge in [-0.2, -0.15) is 0 Å². The molecule has 368 valence electrons. The van der Waals surface area contributed by atoms with Gasteiger partial charge in [0.25, 0.3) is 0 Å². The van der Waals surface area contributed by atoms with Crippen LogP contribution in [0.25, 0.3) is 0 Å². The summed E-state index contributed by atoms with van der Waals surface area (Å²) < 4.78 is 16.7. The number of unbranched alkanes of at least 4 members (excludes halogenated alkanes) is 20. The van der Waals surface area contributed by atoms with Crippen LogP contribution in [-0.2, 0) is 28.6 Å². The van der Waals surface area contributed by atoms with E-state index in [0.717, 1.165) is 96.3 Å². The summed E-state index contributed by atoms with van der Waals surface area (Å²) in [5.74, 6) is -1.03. The predicted octanol–water partition coefficient (Wildman–Crippen LogP) is 17.5. The Hall–Kier alpha value is -3.93. The summed E-state index contributed by atoms with van der Waals surface area (Å²) in [6, 6.07) is 0. The zero-order valence-electron chi connectivity index (χ0n) is 42.0. The SMILES string of the molecule is CC/C=C\C/C=C\C/C=C\C/C=C\C/C=C\CCC(=O)OC(COC(=O)CCCCCCC\C=C/C=C\C=C/C=C\CCCCC)COC(=O)CCCCCCCCCCCCCCC. The fourth-order valence-electron chi connectivity index (χ4n) is 6.91. The highest BCUT2D eigenvalue weighted by Gasteiger charge is 2.19. The van der Waals surface area contributed by atoms with Crippen LogP contribution < -0.4 is 0 Å². The molecule has 0 aliphatic rings. The number of allylic oxidation sites excluding steroid dienone is 18. The molecular formula is C59H96O6. The van der Waals surface area contributed by atoms with Crippen molar-refractivity contribution in [1.29, 1.82) is 0 Å². The number of hydrogen-bond acceptors (Lipinski definition) is 6. The number of esters is 3. The smallest absolute Gasteiger partial charge is 0.306 e. The quantitative estimate of drug-likeness (QED) is 0.0199. The summed E-state index contributed by atoms with van der Waals surface area (Å²) in [6.07, 6.45) is 70.8. The van der Waals surface area contributed by atoms with Crippen molar-refractivity contribution in [3.8, 4) is 0 Å². The van der Waals surface area contributed by atoms with Gasteiger partial charge in [0.2, 0.25) is 0 Å². The van der Waals surface area contributed by atoms with Crippen molar-refractivity contribution in [2.45, 2.75) is 232 Å². The fourth-order valence-corrected chi connectivity index (χ4v) is 6.91. The first-order valence-corrected chi connectivity index (χ1v) is 26.4. The van der Waals surface area contributed by atoms with Crippen molar-refractivity contribution < 1.29 is 28.6 Å². The molecule has 6 heteroatoms. The highest BCUT2D eigenvalue weighted by atomic mass is 16.6. The van der Waals surface area contributed by atoms with Crippen LogP contribution >= 0.6 is 0 Å². The molecule has 65 heavy (non-hydrogen) atoms. The summed E-state index contributed by atoms with van der Waals surface area (Å²) in [5.41, 5.74) is 0. The minimum absolute atomic E-state index is 0.116. The van der Waals surface area contributed by atoms with Gasteiger partial charge in [0.05, 0.1) is 0 Å². The lowest BCUT2D eigenvalue weighted by Gasteiger charge is -2.18. The zero-order chi connectivity index (χ0) is 47.2. The van der Waals surface area contributed by atoms with Gasteiger partial charge in [-0.05, 0) is 77.0 Å². The molecule has 0 saturated heterocycles. The Balaban J connectivity index is 4.55. The molecule has 1 atom stereocenters. The second kappa shape index (κ2) is 52.7. The molecule has 0 fully saturated rings. The van der Waals surface area contributed by atoms with E-state index in [4.69, 9.17) is 14.2 Å². The Bertz CT molecular complexity index is 1360. The van der Waals surface area contributed by atoms with Crippen LogP contribution in [0, 0.1) is 0 Å². The van der Waals surface area contributed by atoms with Crippen molar-refractivity contribution in [2.24, 2.45) is 0 Å². The monoisotopic (exact) mass is 901 g/mol. The normalized spacial score (nSPS) is 13.0. The van der Waals surface area contributed by atoms with E-state index in [-0.39, 0.29) is 31.6 Å². The minimum Gasteiger partial charge on any atom is -0.462 e.